The molecule has 0 aromatic heterocycles. The van der Waals surface area contributed by atoms with Crippen LogP contribution in [0.5, 0.6) is 0 Å². The topological polar surface area (TPSA) is 6.48 Å². The van der Waals surface area contributed by atoms with E-state index in [2.05, 4.69) is 117 Å². The molecule has 0 N–H and O–H groups in total. The van der Waals surface area contributed by atoms with Gasteiger partial charge in [0.25, 0.3) is 0 Å². The molecule has 5 rings (SSSR count). The van der Waals surface area contributed by atoms with Gasteiger partial charge in [0.05, 0.1) is 17.1 Å². The van der Waals surface area contributed by atoms with Crippen LogP contribution in [0, 0.1) is 0 Å². The second-order valence-electron chi connectivity index (χ2n) is 6.44. The van der Waals surface area contributed by atoms with Gasteiger partial charge < -0.3 is 9.80 Å². The Hall–Kier alpha value is -2.78. The SMILES string of the molecule is Brc1ccccc1N1CN(c2ccccc2)c2cccc3cccc1c23. The normalized spacial score (nSPS) is 13.3. The molecule has 1 aliphatic rings. The molecule has 126 valence electrons. The molecular formula is C23H17BrN2. The van der Waals surface area contributed by atoms with Crippen molar-refractivity contribution in [2.75, 3.05) is 16.5 Å². The Bertz CT molecular complexity index is 1090. The highest BCUT2D eigenvalue weighted by atomic mass is 79.9. The van der Waals surface area contributed by atoms with E-state index in [1.165, 1.54) is 33.5 Å². The molecule has 0 atom stereocenters. The molecule has 26 heavy (non-hydrogen) atoms. The van der Waals surface area contributed by atoms with Crippen LogP contribution in [0.2, 0.25) is 0 Å². The van der Waals surface area contributed by atoms with Crippen LogP contribution in [0.4, 0.5) is 22.7 Å². The molecule has 4 aromatic rings. The lowest BCUT2D eigenvalue weighted by atomic mass is 10.0. The third kappa shape index (κ3) is 2.39. The maximum atomic E-state index is 3.74. The van der Waals surface area contributed by atoms with E-state index < -0.39 is 0 Å². The number of nitrogens with zero attached hydrogens (tertiary/aromatic N) is 2. The summed E-state index contributed by atoms with van der Waals surface area (Å²) >= 11 is 3.74. The molecular weight excluding hydrogens is 384 g/mol. The van der Waals surface area contributed by atoms with E-state index in [-0.39, 0.29) is 0 Å². The molecule has 0 bridgehead atoms. The number of anilines is 4. The highest BCUT2D eigenvalue weighted by molar-refractivity contribution is 9.10. The lowest BCUT2D eigenvalue weighted by Gasteiger charge is -2.40. The Labute approximate surface area is 161 Å². The van der Waals surface area contributed by atoms with Crippen LogP contribution in [0.25, 0.3) is 10.8 Å². The molecule has 4 aromatic carbocycles. The van der Waals surface area contributed by atoms with Gasteiger partial charge >= 0.3 is 0 Å². The Morgan fingerprint density at radius 3 is 1.92 bits per heavy atom. The van der Waals surface area contributed by atoms with Crippen molar-refractivity contribution in [2.24, 2.45) is 0 Å². The van der Waals surface area contributed by atoms with Gasteiger partial charge in [-0.2, -0.15) is 0 Å². The van der Waals surface area contributed by atoms with Gasteiger partial charge in [-0.05, 0) is 57.7 Å². The number of hydrogen-bond donors (Lipinski definition) is 0. The number of rotatable bonds is 2. The predicted molar refractivity (Wildman–Crippen MR) is 114 cm³/mol. The average molecular weight is 401 g/mol. The van der Waals surface area contributed by atoms with Crippen molar-refractivity contribution in [1.29, 1.82) is 0 Å². The van der Waals surface area contributed by atoms with E-state index >= 15 is 0 Å². The van der Waals surface area contributed by atoms with Crippen molar-refractivity contribution in [3.8, 4) is 0 Å². The third-order valence-electron chi connectivity index (χ3n) is 4.94. The zero-order valence-electron chi connectivity index (χ0n) is 14.1. The minimum Gasteiger partial charge on any atom is -0.322 e. The summed E-state index contributed by atoms with van der Waals surface area (Å²) in [4.78, 5) is 4.77. The molecule has 0 spiro atoms. The van der Waals surface area contributed by atoms with E-state index in [9.17, 15) is 0 Å². The monoisotopic (exact) mass is 400 g/mol. The summed E-state index contributed by atoms with van der Waals surface area (Å²) in [5.41, 5.74) is 4.88. The van der Waals surface area contributed by atoms with Crippen molar-refractivity contribution >= 4 is 49.5 Å². The Morgan fingerprint density at radius 1 is 0.577 bits per heavy atom. The summed E-state index contributed by atoms with van der Waals surface area (Å²) in [5, 5.41) is 2.55. The van der Waals surface area contributed by atoms with Crippen LogP contribution in [0.15, 0.2) is 95.5 Å². The van der Waals surface area contributed by atoms with Gasteiger partial charge in [0.1, 0.15) is 6.67 Å². The van der Waals surface area contributed by atoms with Crippen LogP contribution < -0.4 is 9.80 Å². The van der Waals surface area contributed by atoms with Crippen molar-refractivity contribution < 1.29 is 0 Å². The molecule has 0 amide bonds. The fraction of sp³-hybridized carbons (Fsp3) is 0.0435. The molecule has 0 aliphatic carbocycles. The van der Waals surface area contributed by atoms with Crippen molar-refractivity contribution in [2.45, 2.75) is 0 Å². The Kier molecular flexibility index (Phi) is 3.68. The van der Waals surface area contributed by atoms with Crippen LogP contribution in [-0.4, -0.2) is 6.67 Å². The Morgan fingerprint density at radius 2 is 1.19 bits per heavy atom. The molecule has 1 heterocycles. The fourth-order valence-corrected chi connectivity index (χ4v) is 4.25. The number of para-hydroxylation sites is 2. The molecule has 0 saturated heterocycles. The number of benzene rings is 4. The van der Waals surface area contributed by atoms with Crippen LogP contribution in [-0.2, 0) is 0 Å². The first kappa shape index (κ1) is 15.5. The maximum absolute atomic E-state index is 3.74. The molecule has 2 nitrogen and oxygen atoms in total. The van der Waals surface area contributed by atoms with Gasteiger partial charge in [-0.3, -0.25) is 0 Å². The Balaban J connectivity index is 1.80. The van der Waals surface area contributed by atoms with Crippen LogP contribution in [0.1, 0.15) is 0 Å². The quantitative estimate of drug-likeness (QED) is 0.362. The van der Waals surface area contributed by atoms with E-state index in [0.29, 0.717) is 0 Å². The zero-order chi connectivity index (χ0) is 17.5. The first-order valence-corrected chi connectivity index (χ1v) is 9.48. The van der Waals surface area contributed by atoms with Gasteiger partial charge in [0.15, 0.2) is 0 Å². The van der Waals surface area contributed by atoms with Crippen molar-refractivity contribution in [1.82, 2.24) is 0 Å². The first-order valence-electron chi connectivity index (χ1n) is 8.69. The summed E-state index contributed by atoms with van der Waals surface area (Å²) in [5.74, 6) is 0. The summed E-state index contributed by atoms with van der Waals surface area (Å²) in [6, 6.07) is 32.1. The standard InChI is InChI=1S/C23H17BrN2/c24-19-12-4-5-13-20(19)26-16-25(18-10-2-1-3-11-18)21-14-6-8-17-9-7-15-22(26)23(17)21/h1-15H,16H2. The minimum atomic E-state index is 0.767. The van der Waals surface area contributed by atoms with Gasteiger partial charge in [-0.25, -0.2) is 0 Å². The van der Waals surface area contributed by atoms with E-state index in [4.69, 9.17) is 0 Å². The lowest BCUT2D eigenvalue weighted by molar-refractivity contribution is 0.915. The molecule has 0 saturated carbocycles. The van der Waals surface area contributed by atoms with Gasteiger partial charge in [0, 0.05) is 15.5 Å². The van der Waals surface area contributed by atoms with Crippen LogP contribution >= 0.6 is 15.9 Å². The van der Waals surface area contributed by atoms with E-state index in [1.54, 1.807) is 0 Å². The maximum Gasteiger partial charge on any atom is 0.100 e. The molecule has 3 heteroatoms. The van der Waals surface area contributed by atoms with Crippen molar-refractivity contribution in [3.05, 3.63) is 95.5 Å². The number of hydrogen-bond acceptors (Lipinski definition) is 2. The fourth-order valence-electron chi connectivity index (χ4n) is 3.75. The number of halogens is 1. The van der Waals surface area contributed by atoms with Gasteiger partial charge in [-0.15, -0.1) is 0 Å². The van der Waals surface area contributed by atoms with Gasteiger partial charge in [-0.1, -0.05) is 54.6 Å². The summed E-state index contributed by atoms with van der Waals surface area (Å²) in [6.45, 7) is 0.767. The molecule has 0 fully saturated rings. The minimum absolute atomic E-state index is 0.767. The summed E-state index contributed by atoms with van der Waals surface area (Å²) in [6.07, 6.45) is 0. The second kappa shape index (κ2) is 6.19. The van der Waals surface area contributed by atoms with Crippen molar-refractivity contribution in [3.63, 3.8) is 0 Å². The highest BCUT2D eigenvalue weighted by Gasteiger charge is 2.26. The summed E-state index contributed by atoms with van der Waals surface area (Å²) < 4.78 is 1.10. The van der Waals surface area contributed by atoms with Gasteiger partial charge in [0.2, 0.25) is 0 Å². The van der Waals surface area contributed by atoms with E-state index in [0.717, 1.165) is 11.1 Å². The lowest BCUT2D eigenvalue weighted by Crippen LogP contribution is -2.35. The average Bonchev–Trinajstić information content (AvgIpc) is 2.70. The molecule has 0 unspecified atom stereocenters. The second-order valence-corrected chi connectivity index (χ2v) is 7.29. The first-order chi connectivity index (χ1) is 12.8. The molecule has 0 radical (unpaired) electrons. The smallest absolute Gasteiger partial charge is 0.100 e. The molecule has 1 aliphatic heterocycles. The predicted octanol–water partition coefficient (Wildman–Crippen LogP) is 6.85. The highest BCUT2D eigenvalue weighted by Crippen LogP contribution is 2.46. The summed E-state index contributed by atoms with van der Waals surface area (Å²) in [7, 11) is 0. The van der Waals surface area contributed by atoms with Crippen LogP contribution in [0.3, 0.4) is 0 Å². The largest absolute Gasteiger partial charge is 0.322 e. The zero-order valence-corrected chi connectivity index (χ0v) is 15.7. The third-order valence-corrected chi connectivity index (χ3v) is 5.61. The van der Waals surface area contributed by atoms with E-state index in [1.807, 2.05) is 0 Å².